The van der Waals surface area contributed by atoms with Gasteiger partial charge in [-0.1, -0.05) is 17.7 Å². The van der Waals surface area contributed by atoms with Crippen LogP contribution in [0.15, 0.2) is 18.2 Å². The highest BCUT2D eigenvalue weighted by Crippen LogP contribution is 2.36. The Morgan fingerprint density at radius 2 is 2.11 bits per heavy atom. The number of aliphatic hydroxyl groups excluding tert-OH is 1. The highest BCUT2D eigenvalue weighted by Gasteiger charge is 2.33. The summed E-state index contributed by atoms with van der Waals surface area (Å²) < 4.78 is 42.5. The largest absolute Gasteiger partial charge is 0.466 e. The van der Waals surface area contributed by atoms with Crippen LogP contribution in [-0.2, 0) is 15.7 Å². The maximum atomic E-state index is 12.6. The minimum atomic E-state index is -4.61. The van der Waals surface area contributed by atoms with Gasteiger partial charge in [-0.15, -0.1) is 0 Å². The van der Waals surface area contributed by atoms with E-state index in [1.165, 1.54) is 6.07 Å². The number of benzene rings is 1. The number of hydrogen-bond acceptors (Lipinski definition) is 3. The van der Waals surface area contributed by atoms with Gasteiger partial charge in [-0.2, -0.15) is 13.2 Å². The van der Waals surface area contributed by atoms with Crippen LogP contribution in [0.2, 0.25) is 5.02 Å². The first-order valence-electron chi connectivity index (χ1n) is 5.46. The third-order valence-electron chi connectivity index (χ3n) is 2.35. The second-order valence-electron chi connectivity index (χ2n) is 3.76. The maximum absolute atomic E-state index is 12.6. The van der Waals surface area contributed by atoms with E-state index >= 15 is 0 Å². The molecule has 1 aromatic rings. The van der Waals surface area contributed by atoms with Crippen molar-refractivity contribution >= 4 is 17.6 Å². The molecule has 0 bridgehead atoms. The van der Waals surface area contributed by atoms with E-state index in [4.69, 9.17) is 11.6 Å². The first-order chi connectivity index (χ1) is 8.75. The number of esters is 1. The number of hydrogen-bond donors (Lipinski definition) is 1. The van der Waals surface area contributed by atoms with Crippen molar-refractivity contribution in [3.63, 3.8) is 0 Å². The molecule has 0 amide bonds. The van der Waals surface area contributed by atoms with Gasteiger partial charge in [0.05, 0.1) is 29.7 Å². The van der Waals surface area contributed by atoms with Crippen LogP contribution < -0.4 is 0 Å². The Balaban J connectivity index is 2.93. The van der Waals surface area contributed by atoms with E-state index in [1.54, 1.807) is 6.92 Å². The smallest absolute Gasteiger partial charge is 0.417 e. The lowest BCUT2D eigenvalue weighted by Gasteiger charge is -2.14. The SMILES string of the molecule is CCOC(=O)CC(O)c1ccc(Cl)c(C(F)(F)F)c1. The Morgan fingerprint density at radius 1 is 1.47 bits per heavy atom. The lowest BCUT2D eigenvalue weighted by atomic mass is 10.0. The Labute approximate surface area is 112 Å². The van der Waals surface area contributed by atoms with Crippen molar-refractivity contribution in [2.24, 2.45) is 0 Å². The molecule has 0 saturated heterocycles. The van der Waals surface area contributed by atoms with Gasteiger partial charge in [0.2, 0.25) is 0 Å². The first-order valence-corrected chi connectivity index (χ1v) is 5.83. The number of aliphatic hydroxyl groups is 1. The predicted octanol–water partition coefficient (Wildman–Crippen LogP) is 3.35. The molecular weight excluding hydrogens is 285 g/mol. The molecule has 0 aliphatic rings. The molecule has 0 fully saturated rings. The van der Waals surface area contributed by atoms with Crippen molar-refractivity contribution in [2.45, 2.75) is 25.6 Å². The molecule has 1 unspecified atom stereocenters. The van der Waals surface area contributed by atoms with Crippen molar-refractivity contribution in [3.05, 3.63) is 34.3 Å². The van der Waals surface area contributed by atoms with E-state index in [2.05, 4.69) is 4.74 Å². The Morgan fingerprint density at radius 3 is 2.63 bits per heavy atom. The molecule has 1 N–H and O–H groups in total. The quantitative estimate of drug-likeness (QED) is 0.867. The number of carbonyl (C=O) groups is 1. The lowest BCUT2D eigenvalue weighted by Crippen LogP contribution is -2.12. The minimum absolute atomic E-state index is 0.0372. The number of halogens is 4. The Bertz CT molecular complexity index is 460. The van der Waals surface area contributed by atoms with Crippen LogP contribution in [0.4, 0.5) is 13.2 Å². The summed E-state index contributed by atoms with van der Waals surface area (Å²) in [5.41, 5.74) is -1.08. The summed E-state index contributed by atoms with van der Waals surface area (Å²) in [5.74, 6) is -0.682. The fourth-order valence-corrected chi connectivity index (χ4v) is 1.69. The zero-order valence-corrected chi connectivity index (χ0v) is 10.8. The molecule has 0 aliphatic heterocycles. The van der Waals surface area contributed by atoms with Gasteiger partial charge in [0.15, 0.2) is 0 Å². The summed E-state index contributed by atoms with van der Waals surface area (Å²) in [6.07, 6.45) is -6.39. The van der Waals surface area contributed by atoms with Crippen LogP contribution >= 0.6 is 11.6 Å². The van der Waals surface area contributed by atoms with Crippen LogP contribution in [-0.4, -0.2) is 17.7 Å². The third-order valence-corrected chi connectivity index (χ3v) is 2.68. The summed E-state index contributed by atoms with van der Waals surface area (Å²) in [6, 6.07) is 3.00. The monoisotopic (exact) mass is 296 g/mol. The van der Waals surface area contributed by atoms with Crippen LogP contribution in [0.3, 0.4) is 0 Å². The van der Waals surface area contributed by atoms with Gasteiger partial charge in [0.25, 0.3) is 0 Å². The Kier molecular flexibility index (Phi) is 5.20. The van der Waals surface area contributed by atoms with Gasteiger partial charge in [-0.3, -0.25) is 4.79 Å². The zero-order valence-electron chi connectivity index (χ0n) is 10.00. The normalized spacial score (nSPS) is 13.2. The molecule has 0 aliphatic carbocycles. The van der Waals surface area contributed by atoms with Crippen LogP contribution in [0.1, 0.15) is 30.6 Å². The van der Waals surface area contributed by atoms with Gasteiger partial charge in [0.1, 0.15) is 0 Å². The van der Waals surface area contributed by atoms with Crippen LogP contribution in [0, 0.1) is 0 Å². The molecule has 3 nitrogen and oxygen atoms in total. The van der Waals surface area contributed by atoms with Crippen molar-refractivity contribution in [3.8, 4) is 0 Å². The predicted molar refractivity (Wildman–Crippen MR) is 62.7 cm³/mol. The molecule has 0 saturated carbocycles. The fourth-order valence-electron chi connectivity index (χ4n) is 1.46. The van der Waals surface area contributed by atoms with Gasteiger partial charge >= 0.3 is 12.1 Å². The molecule has 7 heteroatoms. The van der Waals surface area contributed by atoms with Gasteiger partial charge in [-0.25, -0.2) is 0 Å². The number of carbonyl (C=O) groups excluding carboxylic acids is 1. The van der Waals surface area contributed by atoms with E-state index in [-0.39, 0.29) is 12.2 Å². The van der Waals surface area contributed by atoms with Gasteiger partial charge in [0, 0.05) is 0 Å². The molecule has 1 atom stereocenters. The second-order valence-corrected chi connectivity index (χ2v) is 4.17. The molecule has 0 radical (unpaired) electrons. The number of alkyl halides is 3. The van der Waals surface area contributed by atoms with E-state index in [0.717, 1.165) is 12.1 Å². The topological polar surface area (TPSA) is 46.5 Å². The van der Waals surface area contributed by atoms with E-state index < -0.39 is 35.3 Å². The molecule has 106 valence electrons. The lowest BCUT2D eigenvalue weighted by molar-refractivity contribution is -0.145. The molecule has 19 heavy (non-hydrogen) atoms. The van der Waals surface area contributed by atoms with Crippen molar-refractivity contribution in [1.82, 2.24) is 0 Å². The van der Waals surface area contributed by atoms with E-state index in [0.29, 0.717) is 0 Å². The minimum Gasteiger partial charge on any atom is -0.466 e. The number of ether oxygens (including phenoxy) is 1. The fraction of sp³-hybridized carbons (Fsp3) is 0.417. The summed E-state index contributed by atoms with van der Waals surface area (Å²) >= 11 is 5.45. The van der Waals surface area contributed by atoms with Gasteiger partial charge < -0.3 is 9.84 Å². The summed E-state index contributed by atoms with van der Waals surface area (Å²) in [6.45, 7) is 1.73. The summed E-state index contributed by atoms with van der Waals surface area (Å²) in [5, 5.41) is 9.23. The average molecular weight is 297 g/mol. The molecule has 0 aromatic heterocycles. The van der Waals surface area contributed by atoms with Gasteiger partial charge in [-0.05, 0) is 24.6 Å². The van der Waals surface area contributed by atoms with Crippen molar-refractivity contribution < 1.29 is 27.8 Å². The van der Waals surface area contributed by atoms with Crippen molar-refractivity contribution in [1.29, 1.82) is 0 Å². The summed E-state index contributed by atoms with van der Waals surface area (Å²) in [4.78, 5) is 11.1. The molecule has 0 heterocycles. The zero-order chi connectivity index (χ0) is 14.6. The van der Waals surface area contributed by atoms with Crippen molar-refractivity contribution in [2.75, 3.05) is 6.61 Å². The second kappa shape index (κ2) is 6.25. The average Bonchev–Trinajstić information content (AvgIpc) is 2.27. The summed E-state index contributed by atoms with van der Waals surface area (Å²) in [7, 11) is 0. The first kappa shape index (κ1) is 15.8. The van der Waals surface area contributed by atoms with E-state index in [9.17, 15) is 23.1 Å². The Hall–Kier alpha value is -1.27. The highest BCUT2D eigenvalue weighted by atomic mass is 35.5. The van der Waals surface area contributed by atoms with E-state index in [1.807, 2.05) is 0 Å². The molecule has 1 aromatic carbocycles. The van der Waals surface area contributed by atoms with Crippen LogP contribution in [0.5, 0.6) is 0 Å². The molecule has 0 spiro atoms. The standard InChI is InChI=1S/C12H12ClF3O3/c1-2-19-11(18)6-10(17)7-3-4-9(13)8(5-7)12(14,15)16/h3-5,10,17H,2,6H2,1H3. The van der Waals surface area contributed by atoms with Crippen LogP contribution in [0.25, 0.3) is 0 Å². The third kappa shape index (κ3) is 4.40. The maximum Gasteiger partial charge on any atom is 0.417 e. The number of rotatable bonds is 4. The highest BCUT2D eigenvalue weighted by molar-refractivity contribution is 6.31. The molecule has 1 rings (SSSR count). The molecular formula is C12H12ClF3O3.